The van der Waals surface area contributed by atoms with Gasteiger partial charge in [-0.15, -0.1) is 12.6 Å². The third-order valence-electron chi connectivity index (χ3n) is 0.919. The first-order valence-electron chi connectivity index (χ1n) is 3.16. The van der Waals surface area contributed by atoms with Gasteiger partial charge in [0, 0.05) is 19.8 Å². The molecular weight excluding hydrogens is 436 g/mol. The Morgan fingerprint density at radius 3 is 2.12 bits per heavy atom. The van der Waals surface area contributed by atoms with E-state index in [1.165, 1.54) is 0 Å². The van der Waals surface area contributed by atoms with Crippen molar-refractivity contribution in [1.29, 1.82) is 0 Å². The molecule has 0 atom stereocenters. The van der Waals surface area contributed by atoms with Crippen LogP contribution in [0.2, 0.25) is 0 Å². The van der Waals surface area contributed by atoms with Crippen LogP contribution in [-0.2, 0) is 19.8 Å². The Labute approximate surface area is 113 Å². The molecule has 0 aliphatic rings. The molecule has 0 aliphatic heterocycles. The molecule has 0 spiro atoms. The van der Waals surface area contributed by atoms with Gasteiger partial charge in [0.1, 0.15) is 4.32 Å². The summed E-state index contributed by atoms with van der Waals surface area (Å²) in [4.78, 5) is 23.3. The normalized spacial score (nSPS) is 8.06. The van der Waals surface area contributed by atoms with Crippen LogP contribution in [0.4, 0.5) is 11.8 Å². The van der Waals surface area contributed by atoms with E-state index in [0.29, 0.717) is 0 Å². The van der Waals surface area contributed by atoms with Crippen molar-refractivity contribution < 1.29 is 29.6 Å². The second kappa shape index (κ2) is 8.09. The smallest absolute Gasteiger partial charge is 0.390 e. The second-order valence-electron chi connectivity index (χ2n) is 1.94. The number of hydrogen-bond acceptors (Lipinski definition) is 6. The van der Waals surface area contributed by atoms with Crippen LogP contribution in [-0.4, -0.2) is 24.1 Å². The molecule has 12 heteroatoms. The topological polar surface area (TPSA) is 141 Å². The van der Waals surface area contributed by atoms with Crippen molar-refractivity contribution in [2.45, 2.75) is 0 Å². The molecule has 90 valence electrons. The molecule has 0 saturated heterocycles. The Balaban J connectivity index is 0. The van der Waals surface area contributed by atoms with E-state index in [0.717, 1.165) is 6.20 Å². The minimum atomic E-state index is -0.840. The van der Waals surface area contributed by atoms with Crippen molar-refractivity contribution in [1.82, 2.24) is 9.97 Å². The van der Waals surface area contributed by atoms with Crippen molar-refractivity contribution in [3.8, 4) is 0 Å². The van der Waals surface area contributed by atoms with Crippen molar-refractivity contribution in [3.63, 3.8) is 0 Å². The molecule has 0 amide bonds. The summed E-state index contributed by atoms with van der Waals surface area (Å²) in [6, 6.07) is 0. The van der Waals surface area contributed by atoms with E-state index < -0.39 is 21.6 Å². The van der Waals surface area contributed by atoms with Gasteiger partial charge >= 0.3 is 11.8 Å². The summed E-state index contributed by atoms with van der Waals surface area (Å²) in [5, 5.41) is 19.9. The number of nitrogens with two attached hydrogens (primary N) is 1. The van der Waals surface area contributed by atoms with Gasteiger partial charge in [-0.2, -0.15) is 4.98 Å². The van der Waals surface area contributed by atoms with Crippen LogP contribution >= 0.6 is 24.8 Å². The minimum absolute atomic E-state index is 0. The summed E-state index contributed by atoms with van der Waals surface area (Å²) in [6.45, 7) is 0. The van der Waals surface area contributed by atoms with E-state index in [4.69, 9.17) is 5.73 Å². The molecule has 1 heterocycles. The first-order chi connectivity index (χ1) is 6.84. The average Bonchev–Trinajstić information content (AvgIpc) is 2.49. The van der Waals surface area contributed by atoms with Gasteiger partial charge in [-0.3, -0.25) is 0 Å². The van der Waals surface area contributed by atoms with Crippen LogP contribution in [0.3, 0.4) is 0 Å². The summed E-state index contributed by atoms with van der Waals surface area (Å²) >= 11 is 7.65. The monoisotopic (exact) mass is 443 g/mol. The third kappa shape index (κ3) is 7.21. The summed E-state index contributed by atoms with van der Waals surface area (Å²) < 4.78 is 0.194. The fourth-order valence-corrected chi connectivity index (χ4v) is 0.487. The number of imidazole rings is 1. The van der Waals surface area contributed by atoms with E-state index in [1.807, 2.05) is 4.98 Å². The Hall–Kier alpha value is -1.11. The Morgan fingerprint density at radius 1 is 1.50 bits per heavy atom. The number of nitrogens with one attached hydrogen (secondary N) is 1. The zero-order valence-electron chi connectivity index (χ0n) is 7.34. The average molecular weight is 441 g/mol. The summed E-state index contributed by atoms with van der Waals surface area (Å²) in [7, 11) is 0. The van der Waals surface area contributed by atoms with Crippen LogP contribution in [0.25, 0.3) is 0 Å². The van der Waals surface area contributed by atoms with Crippen LogP contribution in [0.1, 0.15) is 0 Å². The molecule has 0 aromatic carbocycles. The molecule has 0 radical (unpaired) electrons. The van der Waals surface area contributed by atoms with Crippen LogP contribution in [0, 0.1) is 20.2 Å². The fourth-order valence-electron chi connectivity index (χ4n) is 0.487. The summed E-state index contributed by atoms with van der Waals surface area (Å²) in [5.74, 6) is -1.12. The van der Waals surface area contributed by atoms with E-state index in [1.54, 1.807) is 0 Å². The summed E-state index contributed by atoms with van der Waals surface area (Å²) in [5.41, 5.74) is 4.71. The third-order valence-corrected chi connectivity index (χ3v) is 0.919. The maximum atomic E-state index is 9.95. The molecule has 0 aliphatic carbocycles. The number of nitro groups is 2. The van der Waals surface area contributed by atoms with Crippen molar-refractivity contribution in [2.75, 3.05) is 0 Å². The van der Waals surface area contributed by atoms with Gasteiger partial charge in [-0.1, -0.05) is 17.2 Å². The first-order valence-corrected chi connectivity index (χ1v) is 4.02. The largest absolute Gasteiger partial charge is 0.435 e. The SMILES string of the molecule is NC(=S)S.O=[N+]([O-])c1cnc([N+](=O)[O-])[nH]1.[Os]. The number of thiol groups is 1. The minimum Gasteiger partial charge on any atom is -0.390 e. The zero-order chi connectivity index (χ0) is 12.0. The molecule has 9 nitrogen and oxygen atoms in total. The number of rotatable bonds is 2. The fraction of sp³-hybridized carbons (Fsp3) is 0. The number of thiocarbonyl (C=S) groups is 1. The predicted molar refractivity (Wildman–Crippen MR) is 57.7 cm³/mol. The Bertz CT molecular complexity index is 363. The maximum absolute atomic E-state index is 9.95. The van der Waals surface area contributed by atoms with Gasteiger partial charge in [-0.05, 0) is 9.85 Å². The predicted octanol–water partition coefficient (Wildman–Crippen LogP) is 0.383. The Morgan fingerprint density at radius 2 is 1.94 bits per heavy atom. The number of aromatic nitrogens is 2. The molecule has 0 bridgehead atoms. The van der Waals surface area contributed by atoms with Crippen molar-refractivity contribution in [3.05, 3.63) is 26.4 Å². The van der Waals surface area contributed by atoms with Crippen LogP contribution < -0.4 is 5.73 Å². The number of aromatic amines is 1. The molecule has 1 aromatic heterocycles. The van der Waals surface area contributed by atoms with Crippen molar-refractivity contribution >= 4 is 40.9 Å². The second-order valence-corrected chi connectivity index (χ2v) is 3.17. The van der Waals surface area contributed by atoms with E-state index in [9.17, 15) is 20.2 Å². The molecule has 0 unspecified atom stereocenters. The molecule has 0 saturated carbocycles. The quantitative estimate of drug-likeness (QED) is 0.261. The number of hydrogen-bond donors (Lipinski definition) is 3. The molecule has 1 aromatic rings. The summed E-state index contributed by atoms with van der Waals surface area (Å²) in [6.07, 6.45) is 0.790. The van der Waals surface area contributed by atoms with E-state index in [-0.39, 0.29) is 24.1 Å². The first kappa shape index (κ1) is 17.3. The van der Waals surface area contributed by atoms with E-state index >= 15 is 0 Å². The van der Waals surface area contributed by atoms with Crippen LogP contribution in [0.5, 0.6) is 0 Å². The Kier molecular flexibility index (Phi) is 8.74. The zero-order valence-corrected chi connectivity index (χ0v) is 11.6. The van der Waals surface area contributed by atoms with Crippen molar-refractivity contribution in [2.24, 2.45) is 5.73 Å². The molecule has 3 N–H and O–H groups in total. The molecule has 1 rings (SSSR count). The molecule has 0 fully saturated rings. The van der Waals surface area contributed by atoms with Crippen LogP contribution in [0.15, 0.2) is 6.20 Å². The maximum Gasteiger partial charge on any atom is 0.435 e. The molecular formula is C4H5N5O4OsS2. The van der Waals surface area contributed by atoms with Gasteiger partial charge in [-0.25, -0.2) is 0 Å². The van der Waals surface area contributed by atoms with Gasteiger partial charge in [0.05, 0.1) is 0 Å². The number of H-pyrrole nitrogens is 1. The van der Waals surface area contributed by atoms with Gasteiger partial charge in [0.15, 0.2) is 6.20 Å². The number of nitrogens with zero attached hydrogens (tertiary/aromatic N) is 3. The standard InChI is InChI=1S/C3H2N4O4.CH3NS2.Os/c8-6(9)2-1-4-3(5-2)7(10)11;2-1(3)4;/h1H,(H,4,5);(H3,2,3,4);. The molecule has 16 heavy (non-hydrogen) atoms. The van der Waals surface area contributed by atoms with E-state index in [2.05, 4.69) is 29.8 Å². The van der Waals surface area contributed by atoms with Gasteiger partial charge in [0.2, 0.25) is 0 Å². The van der Waals surface area contributed by atoms with Gasteiger partial charge < -0.3 is 26.0 Å². The van der Waals surface area contributed by atoms with Gasteiger partial charge in [0.25, 0.3) is 0 Å².